The minimum Gasteiger partial charge on any atom is -0.490 e. The molecular formula is C27H31FN4O5. The van der Waals surface area contributed by atoms with Gasteiger partial charge in [0.15, 0.2) is 0 Å². The van der Waals surface area contributed by atoms with Crippen molar-refractivity contribution in [3.05, 3.63) is 53.8 Å². The lowest BCUT2D eigenvalue weighted by Gasteiger charge is -2.42. The molecule has 2 aliphatic heterocycles. The summed E-state index contributed by atoms with van der Waals surface area (Å²) in [6.45, 7) is 0.244. The van der Waals surface area contributed by atoms with E-state index in [1.165, 1.54) is 24.3 Å². The highest BCUT2D eigenvalue weighted by Gasteiger charge is 2.39. The third kappa shape index (κ3) is 5.85. The van der Waals surface area contributed by atoms with Gasteiger partial charge in [0.25, 0.3) is 5.91 Å². The summed E-state index contributed by atoms with van der Waals surface area (Å²) >= 11 is 0. The van der Waals surface area contributed by atoms with Gasteiger partial charge in [-0.2, -0.15) is 0 Å². The van der Waals surface area contributed by atoms with Crippen LogP contribution >= 0.6 is 0 Å². The normalized spacial score (nSPS) is 23.4. The first kappa shape index (κ1) is 25.0. The summed E-state index contributed by atoms with van der Waals surface area (Å²) in [6.07, 6.45) is 4.36. The zero-order valence-electron chi connectivity index (χ0n) is 20.7. The van der Waals surface area contributed by atoms with Crippen molar-refractivity contribution in [3.63, 3.8) is 0 Å². The first-order valence-corrected chi connectivity index (χ1v) is 12.7. The maximum Gasteiger partial charge on any atom is 0.323 e. The Labute approximate surface area is 214 Å². The summed E-state index contributed by atoms with van der Waals surface area (Å²) in [4.78, 5) is 39.8. The smallest absolute Gasteiger partial charge is 0.323 e. The average Bonchev–Trinajstić information content (AvgIpc) is 2.85. The molecule has 9 nitrogen and oxygen atoms in total. The molecule has 37 heavy (non-hydrogen) atoms. The Morgan fingerprint density at radius 3 is 2.49 bits per heavy atom. The van der Waals surface area contributed by atoms with Crippen LogP contribution in [0, 0.1) is 5.82 Å². The molecule has 2 aromatic rings. The Bertz CT molecular complexity index is 1170. The highest BCUT2D eigenvalue weighted by molar-refractivity contribution is 6.02. The number of anilines is 2. The van der Waals surface area contributed by atoms with Crippen LogP contribution in [0.2, 0.25) is 0 Å². The first-order chi connectivity index (χ1) is 17.9. The molecule has 5 rings (SSSR count). The summed E-state index contributed by atoms with van der Waals surface area (Å²) in [5.41, 5.74) is 1.19. The fraction of sp³-hybridized carbons (Fsp3) is 0.444. The van der Waals surface area contributed by atoms with Gasteiger partial charge in [-0.15, -0.1) is 0 Å². The molecule has 3 atom stereocenters. The largest absolute Gasteiger partial charge is 0.490 e. The van der Waals surface area contributed by atoms with Gasteiger partial charge in [0.2, 0.25) is 5.91 Å². The Hall–Kier alpha value is -3.66. The third-order valence-electron chi connectivity index (χ3n) is 7.26. The number of nitrogens with one attached hydrogen (secondary N) is 3. The molecule has 10 heteroatoms. The molecule has 2 aromatic carbocycles. The van der Waals surface area contributed by atoms with E-state index in [1.54, 1.807) is 30.1 Å². The van der Waals surface area contributed by atoms with Crippen LogP contribution in [0.3, 0.4) is 0 Å². The number of benzene rings is 2. The van der Waals surface area contributed by atoms with Crippen LogP contribution < -0.4 is 20.7 Å². The van der Waals surface area contributed by atoms with Crippen LogP contribution in [0.4, 0.5) is 20.6 Å². The number of ether oxygens (including phenoxy) is 2. The molecule has 196 valence electrons. The highest BCUT2D eigenvalue weighted by atomic mass is 19.1. The minimum atomic E-state index is -0.521. The second kappa shape index (κ2) is 10.8. The highest BCUT2D eigenvalue weighted by Crippen LogP contribution is 2.32. The summed E-state index contributed by atoms with van der Waals surface area (Å²) in [6, 6.07) is 9.86. The van der Waals surface area contributed by atoms with Gasteiger partial charge < -0.3 is 30.3 Å². The zero-order valence-corrected chi connectivity index (χ0v) is 20.7. The van der Waals surface area contributed by atoms with Gasteiger partial charge in [-0.1, -0.05) is 0 Å². The maximum absolute atomic E-state index is 13.4. The van der Waals surface area contributed by atoms with Gasteiger partial charge in [-0.05, 0) is 74.6 Å². The number of hydrogen-bond acceptors (Lipinski definition) is 5. The van der Waals surface area contributed by atoms with Crippen LogP contribution in [0.5, 0.6) is 5.75 Å². The quantitative estimate of drug-likeness (QED) is 0.565. The second-order valence-corrected chi connectivity index (χ2v) is 9.86. The van der Waals surface area contributed by atoms with Crippen molar-refractivity contribution in [1.29, 1.82) is 0 Å². The Morgan fingerprint density at radius 2 is 1.76 bits per heavy atom. The number of halogens is 1. The van der Waals surface area contributed by atoms with Gasteiger partial charge in [0.1, 0.15) is 24.3 Å². The number of nitrogens with zero attached hydrogens (tertiary/aromatic N) is 1. The molecule has 1 saturated carbocycles. The molecule has 3 N–H and O–H groups in total. The van der Waals surface area contributed by atoms with E-state index in [0.717, 1.165) is 19.3 Å². The lowest BCUT2D eigenvalue weighted by atomic mass is 9.92. The fourth-order valence-electron chi connectivity index (χ4n) is 4.98. The molecule has 2 fully saturated rings. The lowest BCUT2D eigenvalue weighted by Crippen LogP contribution is -2.54. The molecule has 3 aliphatic rings. The van der Waals surface area contributed by atoms with E-state index in [-0.39, 0.29) is 36.7 Å². The van der Waals surface area contributed by atoms with Crippen LogP contribution in [0.1, 0.15) is 48.9 Å². The van der Waals surface area contributed by atoms with Crippen molar-refractivity contribution in [2.75, 3.05) is 24.3 Å². The second-order valence-electron chi connectivity index (χ2n) is 9.86. The van der Waals surface area contributed by atoms with Crippen molar-refractivity contribution in [2.24, 2.45) is 0 Å². The van der Waals surface area contributed by atoms with E-state index in [2.05, 4.69) is 16.0 Å². The Kier molecular flexibility index (Phi) is 7.27. The Morgan fingerprint density at radius 1 is 1.03 bits per heavy atom. The number of rotatable bonds is 5. The van der Waals surface area contributed by atoms with E-state index in [9.17, 15) is 18.8 Å². The van der Waals surface area contributed by atoms with E-state index < -0.39 is 11.8 Å². The van der Waals surface area contributed by atoms with Gasteiger partial charge in [0.05, 0.1) is 24.1 Å². The molecule has 4 amide bonds. The number of carbonyl (C=O) groups is 3. The molecule has 0 unspecified atom stereocenters. The molecule has 1 saturated heterocycles. The topological polar surface area (TPSA) is 109 Å². The number of urea groups is 1. The van der Waals surface area contributed by atoms with Gasteiger partial charge in [-0.3, -0.25) is 9.59 Å². The lowest BCUT2D eigenvalue weighted by molar-refractivity contribution is -0.135. The first-order valence-electron chi connectivity index (χ1n) is 12.7. The van der Waals surface area contributed by atoms with Crippen molar-refractivity contribution < 1.29 is 28.2 Å². The van der Waals surface area contributed by atoms with E-state index in [0.29, 0.717) is 48.0 Å². The number of carbonyl (C=O) groups excluding carboxylic acids is 3. The van der Waals surface area contributed by atoms with Gasteiger partial charge in [0, 0.05) is 24.5 Å². The molecular weight excluding hydrogens is 479 g/mol. The molecule has 2 heterocycles. The van der Waals surface area contributed by atoms with E-state index in [1.807, 2.05) is 0 Å². The van der Waals surface area contributed by atoms with E-state index >= 15 is 0 Å². The van der Waals surface area contributed by atoms with Crippen LogP contribution in [0.15, 0.2) is 42.5 Å². The van der Waals surface area contributed by atoms with Gasteiger partial charge in [-0.25, -0.2) is 9.18 Å². The molecule has 0 bridgehead atoms. The third-order valence-corrected chi connectivity index (χ3v) is 7.26. The number of amides is 4. The van der Waals surface area contributed by atoms with Crippen molar-refractivity contribution in [1.82, 2.24) is 10.2 Å². The van der Waals surface area contributed by atoms with Crippen molar-refractivity contribution in [2.45, 2.75) is 62.8 Å². The minimum absolute atomic E-state index is 0.0122. The zero-order chi connectivity index (χ0) is 25.9. The van der Waals surface area contributed by atoms with Crippen molar-refractivity contribution >= 4 is 29.2 Å². The predicted molar refractivity (Wildman–Crippen MR) is 135 cm³/mol. The monoisotopic (exact) mass is 510 g/mol. The fourth-order valence-corrected chi connectivity index (χ4v) is 4.98. The van der Waals surface area contributed by atoms with Crippen LogP contribution in [-0.2, 0) is 9.53 Å². The molecule has 0 radical (unpaired) electrons. The standard InChI is InChI=1S/C27H31FN4O5/c1-32-22-11-10-20(14-25(33)29-17-3-2-4-17)37-24(22)15-36-23-12-9-19(13-21(23)26(32)34)31-27(35)30-18-7-5-16(28)6-8-18/h5-9,12-13,17,20,22,24H,2-4,10-11,14-15H2,1H3,(H,29,33)(H2,30,31,35)/t20-,22-,24-/m0/s1. The average molecular weight is 511 g/mol. The molecule has 0 aromatic heterocycles. The number of likely N-dealkylation sites (N-methyl/N-ethyl adjacent to an activating group) is 1. The number of hydrogen-bond donors (Lipinski definition) is 3. The number of fused-ring (bicyclic) bond motifs is 2. The Balaban J connectivity index is 1.23. The summed E-state index contributed by atoms with van der Waals surface area (Å²) < 4.78 is 25.3. The molecule has 0 spiro atoms. The summed E-state index contributed by atoms with van der Waals surface area (Å²) in [7, 11) is 1.74. The van der Waals surface area contributed by atoms with Crippen LogP contribution in [-0.4, -0.2) is 60.7 Å². The molecule has 1 aliphatic carbocycles. The van der Waals surface area contributed by atoms with Crippen LogP contribution in [0.25, 0.3) is 0 Å². The van der Waals surface area contributed by atoms with Crippen molar-refractivity contribution in [3.8, 4) is 5.75 Å². The maximum atomic E-state index is 13.4. The SMILES string of the molecule is CN1C(=O)c2cc(NC(=O)Nc3ccc(F)cc3)ccc2OC[C@@H]2O[C@H](CC(=O)NC3CCC3)CC[C@@H]21. The predicted octanol–water partition coefficient (Wildman–Crippen LogP) is 3.91. The van der Waals surface area contributed by atoms with E-state index in [4.69, 9.17) is 9.47 Å². The van der Waals surface area contributed by atoms with Gasteiger partial charge >= 0.3 is 6.03 Å². The summed E-state index contributed by atoms with van der Waals surface area (Å²) in [5.74, 6) is -0.227. The summed E-state index contributed by atoms with van der Waals surface area (Å²) in [5, 5.41) is 8.38.